The van der Waals surface area contributed by atoms with Crippen molar-refractivity contribution in [2.75, 3.05) is 31.1 Å². The van der Waals surface area contributed by atoms with Gasteiger partial charge in [-0.25, -0.2) is 4.39 Å². The average Bonchev–Trinajstić information content (AvgIpc) is 2.60. The Morgan fingerprint density at radius 2 is 1.79 bits per heavy atom. The lowest BCUT2D eigenvalue weighted by Gasteiger charge is -2.35. The molecule has 2 aromatic rings. The van der Waals surface area contributed by atoms with Crippen molar-refractivity contribution in [3.8, 4) is 0 Å². The van der Waals surface area contributed by atoms with E-state index in [0.717, 1.165) is 5.56 Å². The first-order valence-electron chi connectivity index (χ1n) is 7.85. The molecule has 0 bridgehead atoms. The minimum Gasteiger partial charge on any atom is -0.366 e. The fourth-order valence-corrected chi connectivity index (χ4v) is 2.96. The first-order valence-corrected chi connectivity index (χ1v) is 8.23. The minimum atomic E-state index is -0.224. The Morgan fingerprint density at radius 3 is 2.50 bits per heavy atom. The third kappa shape index (κ3) is 3.95. The number of hydrogen-bond acceptors (Lipinski definition) is 2. The number of carbonyl (C=O) groups excluding carboxylic acids is 1. The predicted octanol–water partition coefficient (Wildman–Crippen LogP) is 3.84. The van der Waals surface area contributed by atoms with E-state index < -0.39 is 0 Å². The monoisotopic (exact) mass is 344 g/mol. The molecule has 1 saturated heterocycles. The van der Waals surface area contributed by atoms with Crippen molar-refractivity contribution >= 4 is 29.3 Å². The van der Waals surface area contributed by atoms with Gasteiger partial charge in [0.05, 0.1) is 5.69 Å². The van der Waals surface area contributed by atoms with Crippen LogP contribution in [0.25, 0.3) is 6.08 Å². The van der Waals surface area contributed by atoms with E-state index in [0.29, 0.717) is 36.9 Å². The highest BCUT2D eigenvalue weighted by molar-refractivity contribution is 6.30. The number of hydrogen-bond donors (Lipinski definition) is 0. The van der Waals surface area contributed by atoms with E-state index in [2.05, 4.69) is 0 Å². The number of piperazine rings is 1. The third-order valence-electron chi connectivity index (χ3n) is 4.05. The van der Waals surface area contributed by atoms with E-state index >= 15 is 0 Å². The molecule has 1 fully saturated rings. The van der Waals surface area contributed by atoms with Crippen molar-refractivity contribution < 1.29 is 9.18 Å². The van der Waals surface area contributed by atoms with Crippen LogP contribution in [0, 0.1) is 5.82 Å². The molecule has 3 nitrogen and oxygen atoms in total. The highest BCUT2D eigenvalue weighted by Gasteiger charge is 2.21. The summed E-state index contributed by atoms with van der Waals surface area (Å²) in [6, 6.07) is 14.1. The van der Waals surface area contributed by atoms with Gasteiger partial charge in [-0.2, -0.15) is 0 Å². The second kappa shape index (κ2) is 7.49. The fraction of sp³-hybridized carbons (Fsp3) is 0.211. The number of halogens is 2. The molecule has 0 aromatic heterocycles. The van der Waals surface area contributed by atoms with E-state index in [1.807, 2.05) is 23.1 Å². The topological polar surface area (TPSA) is 23.6 Å². The number of benzene rings is 2. The molecule has 0 saturated carbocycles. The molecule has 1 aliphatic heterocycles. The van der Waals surface area contributed by atoms with E-state index in [1.165, 1.54) is 6.07 Å². The summed E-state index contributed by atoms with van der Waals surface area (Å²) < 4.78 is 13.8. The minimum absolute atomic E-state index is 0.0387. The Hall–Kier alpha value is -2.33. The zero-order valence-electron chi connectivity index (χ0n) is 13.2. The molecule has 0 spiro atoms. The number of anilines is 1. The summed E-state index contributed by atoms with van der Waals surface area (Å²) in [6.07, 6.45) is 3.32. The quantitative estimate of drug-likeness (QED) is 0.790. The van der Waals surface area contributed by atoms with Gasteiger partial charge in [0.15, 0.2) is 0 Å². The summed E-state index contributed by atoms with van der Waals surface area (Å²) in [4.78, 5) is 16.0. The molecule has 0 unspecified atom stereocenters. The van der Waals surface area contributed by atoms with Crippen LogP contribution in [-0.4, -0.2) is 37.0 Å². The van der Waals surface area contributed by atoms with Gasteiger partial charge in [-0.3, -0.25) is 4.79 Å². The van der Waals surface area contributed by atoms with Crippen molar-refractivity contribution in [1.82, 2.24) is 4.90 Å². The molecule has 0 N–H and O–H groups in total. The normalized spacial score (nSPS) is 15.1. The maximum absolute atomic E-state index is 13.8. The van der Waals surface area contributed by atoms with E-state index in [4.69, 9.17) is 11.6 Å². The van der Waals surface area contributed by atoms with Gasteiger partial charge in [-0.05, 0) is 35.9 Å². The number of amides is 1. The maximum Gasteiger partial charge on any atom is 0.246 e. The SMILES string of the molecule is O=C(C=Cc1cccc(Cl)c1)N1CCN(c2ccccc2F)CC1. The van der Waals surface area contributed by atoms with Gasteiger partial charge in [-0.1, -0.05) is 35.9 Å². The molecule has 1 heterocycles. The Morgan fingerprint density at radius 1 is 1.04 bits per heavy atom. The summed E-state index contributed by atoms with van der Waals surface area (Å²) >= 11 is 5.93. The number of nitrogens with zero attached hydrogens (tertiary/aromatic N) is 2. The van der Waals surface area contributed by atoms with E-state index in [-0.39, 0.29) is 11.7 Å². The van der Waals surface area contributed by atoms with Gasteiger partial charge in [0.1, 0.15) is 5.82 Å². The lowest BCUT2D eigenvalue weighted by molar-refractivity contribution is -0.126. The van der Waals surface area contributed by atoms with Crippen LogP contribution in [0.1, 0.15) is 5.56 Å². The summed E-state index contributed by atoms with van der Waals surface area (Å²) in [6.45, 7) is 2.40. The van der Waals surface area contributed by atoms with Gasteiger partial charge >= 0.3 is 0 Å². The summed E-state index contributed by atoms with van der Waals surface area (Å²) in [7, 11) is 0. The second-order valence-corrected chi connectivity index (χ2v) is 6.09. The highest BCUT2D eigenvalue weighted by atomic mass is 35.5. The third-order valence-corrected chi connectivity index (χ3v) is 4.29. The van der Waals surface area contributed by atoms with Crippen molar-refractivity contribution in [1.29, 1.82) is 0 Å². The predicted molar refractivity (Wildman–Crippen MR) is 95.7 cm³/mol. The van der Waals surface area contributed by atoms with Crippen LogP contribution >= 0.6 is 11.6 Å². The molecular weight excluding hydrogens is 327 g/mol. The summed E-state index contributed by atoms with van der Waals surface area (Å²) in [5.74, 6) is -0.263. The van der Waals surface area contributed by atoms with Crippen LogP contribution in [0.4, 0.5) is 10.1 Å². The van der Waals surface area contributed by atoms with Crippen molar-refractivity contribution in [2.24, 2.45) is 0 Å². The molecule has 0 radical (unpaired) electrons. The lowest BCUT2D eigenvalue weighted by Crippen LogP contribution is -2.48. The highest BCUT2D eigenvalue weighted by Crippen LogP contribution is 2.20. The van der Waals surface area contributed by atoms with Crippen molar-refractivity contribution in [3.05, 3.63) is 71.0 Å². The number of carbonyl (C=O) groups is 1. The first-order chi connectivity index (χ1) is 11.6. The second-order valence-electron chi connectivity index (χ2n) is 5.65. The van der Waals surface area contributed by atoms with E-state index in [1.54, 1.807) is 41.3 Å². The Balaban J connectivity index is 1.58. The summed E-state index contributed by atoms with van der Waals surface area (Å²) in [5.41, 5.74) is 1.49. The molecule has 124 valence electrons. The van der Waals surface area contributed by atoms with Crippen LogP contribution in [0.2, 0.25) is 5.02 Å². The van der Waals surface area contributed by atoms with Gasteiger partial charge in [-0.15, -0.1) is 0 Å². The number of para-hydroxylation sites is 1. The molecule has 1 amide bonds. The van der Waals surface area contributed by atoms with Crippen LogP contribution in [0.5, 0.6) is 0 Å². The lowest BCUT2D eigenvalue weighted by atomic mass is 10.2. The van der Waals surface area contributed by atoms with Crippen LogP contribution in [-0.2, 0) is 4.79 Å². The van der Waals surface area contributed by atoms with Crippen LogP contribution < -0.4 is 4.90 Å². The van der Waals surface area contributed by atoms with Gasteiger partial charge in [0, 0.05) is 37.3 Å². The molecule has 1 aliphatic rings. The molecule has 3 rings (SSSR count). The average molecular weight is 345 g/mol. The van der Waals surface area contributed by atoms with Crippen LogP contribution in [0.3, 0.4) is 0 Å². The molecule has 0 atom stereocenters. The Labute approximate surface area is 145 Å². The zero-order chi connectivity index (χ0) is 16.9. The molecule has 24 heavy (non-hydrogen) atoms. The van der Waals surface area contributed by atoms with Crippen molar-refractivity contribution in [3.63, 3.8) is 0 Å². The molecule has 0 aliphatic carbocycles. The first kappa shape index (κ1) is 16.5. The zero-order valence-corrected chi connectivity index (χ0v) is 13.9. The molecular formula is C19H18ClFN2O. The van der Waals surface area contributed by atoms with Gasteiger partial charge < -0.3 is 9.80 Å². The Kier molecular flexibility index (Phi) is 5.16. The largest absolute Gasteiger partial charge is 0.366 e. The van der Waals surface area contributed by atoms with Crippen LogP contribution in [0.15, 0.2) is 54.6 Å². The molecule has 2 aromatic carbocycles. The van der Waals surface area contributed by atoms with Gasteiger partial charge in [0.25, 0.3) is 0 Å². The van der Waals surface area contributed by atoms with Crippen molar-refractivity contribution in [2.45, 2.75) is 0 Å². The fourth-order valence-electron chi connectivity index (χ4n) is 2.76. The van der Waals surface area contributed by atoms with Gasteiger partial charge in [0.2, 0.25) is 5.91 Å². The Bertz CT molecular complexity index is 755. The van der Waals surface area contributed by atoms with E-state index in [9.17, 15) is 9.18 Å². The standard InChI is InChI=1S/C19H18ClFN2O/c20-16-5-3-4-15(14-16)8-9-19(24)23-12-10-22(11-13-23)18-7-2-1-6-17(18)21/h1-9,14H,10-13H2. The smallest absolute Gasteiger partial charge is 0.246 e. The number of rotatable bonds is 3. The summed E-state index contributed by atoms with van der Waals surface area (Å²) in [5, 5.41) is 0.642. The molecule has 5 heteroatoms. The maximum atomic E-state index is 13.8.